The lowest BCUT2D eigenvalue weighted by molar-refractivity contribution is 0.324. The lowest BCUT2D eigenvalue weighted by Gasteiger charge is -2.20. The fraction of sp³-hybridized carbons (Fsp3) is 0.778. The van der Waals surface area contributed by atoms with Crippen molar-refractivity contribution in [3.05, 3.63) is 11.8 Å². The van der Waals surface area contributed by atoms with Crippen molar-refractivity contribution in [2.45, 2.75) is 43.4 Å². The number of halogens is 1. The van der Waals surface area contributed by atoms with Gasteiger partial charge in [0, 0.05) is 5.92 Å². The van der Waals surface area contributed by atoms with Crippen molar-refractivity contribution in [1.82, 2.24) is 10.2 Å². The Balaban J connectivity index is 2.08. The highest BCUT2D eigenvalue weighted by atomic mass is 79.9. The van der Waals surface area contributed by atoms with Gasteiger partial charge >= 0.3 is 0 Å². The van der Waals surface area contributed by atoms with Crippen molar-refractivity contribution < 1.29 is 4.42 Å². The summed E-state index contributed by atoms with van der Waals surface area (Å²) in [6.07, 6.45) is 4.70. The van der Waals surface area contributed by atoms with Gasteiger partial charge in [0.25, 0.3) is 0 Å². The number of alkyl halides is 1. The fourth-order valence-corrected chi connectivity index (χ4v) is 1.55. The molecule has 0 saturated heterocycles. The first-order valence-electron chi connectivity index (χ1n) is 4.78. The minimum Gasteiger partial charge on any atom is -0.424 e. The Hall–Kier alpha value is -0.380. The van der Waals surface area contributed by atoms with Gasteiger partial charge in [-0.15, -0.1) is 10.2 Å². The molecule has 0 radical (unpaired) electrons. The van der Waals surface area contributed by atoms with E-state index in [1.807, 2.05) is 0 Å². The van der Waals surface area contributed by atoms with Gasteiger partial charge in [-0.2, -0.15) is 0 Å². The van der Waals surface area contributed by atoms with E-state index in [9.17, 15) is 0 Å². The van der Waals surface area contributed by atoms with Crippen molar-refractivity contribution in [3.8, 4) is 0 Å². The van der Waals surface area contributed by atoms with E-state index < -0.39 is 0 Å². The highest BCUT2D eigenvalue weighted by Gasteiger charge is 2.26. The minimum atomic E-state index is 0.217. The second-order valence-corrected chi connectivity index (χ2v) is 4.59. The maximum atomic E-state index is 5.57. The molecule has 4 heteroatoms. The Bertz CT molecular complexity index is 264. The van der Waals surface area contributed by atoms with Gasteiger partial charge in [-0.05, 0) is 19.3 Å². The molecule has 72 valence electrons. The van der Waals surface area contributed by atoms with Gasteiger partial charge in [0.15, 0.2) is 0 Å². The van der Waals surface area contributed by atoms with Crippen molar-refractivity contribution >= 4 is 15.9 Å². The molecule has 1 aromatic rings. The molecule has 0 spiro atoms. The maximum Gasteiger partial charge on any atom is 0.230 e. The Labute approximate surface area is 86.0 Å². The maximum absolute atomic E-state index is 5.57. The average molecular weight is 245 g/mol. The van der Waals surface area contributed by atoms with Gasteiger partial charge in [0.1, 0.15) is 0 Å². The molecule has 3 nitrogen and oxygen atoms in total. The zero-order valence-electron chi connectivity index (χ0n) is 7.66. The third kappa shape index (κ3) is 1.77. The second-order valence-electron chi connectivity index (χ2n) is 3.48. The van der Waals surface area contributed by atoms with E-state index >= 15 is 0 Å². The molecule has 1 aromatic heterocycles. The molecule has 1 saturated carbocycles. The summed E-state index contributed by atoms with van der Waals surface area (Å²) in [5.41, 5.74) is 0. The number of aromatic nitrogens is 2. The van der Waals surface area contributed by atoms with Crippen LogP contribution in [0.15, 0.2) is 4.42 Å². The second kappa shape index (κ2) is 3.78. The summed E-state index contributed by atoms with van der Waals surface area (Å²) >= 11 is 3.49. The van der Waals surface area contributed by atoms with Crippen LogP contribution in [0, 0.1) is 0 Å². The van der Waals surface area contributed by atoms with Gasteiger partial charge in [0.05, 0.1) is 4.83 Å². The standard InChI is InChI=1S/C9H13BrN2O/c1-2-7(10)9-12-11-8(13-9)6-4-3-5-6/h6-7H,2-5H2,1H3. The summed E-state index contributed by atoms with van der Waals surface area (Å²) in [7, 11) is 0. The average Bonchev–Trinajstić information content (AvgIpc) is 2.49. The highest BCUT2D eigenvalue weighted by molar-refractivity contribution is 9.09. The van der Waals surface area contributed by atoms with Crippen molar-refractivity contribution in [2.24, 2.45) is 0 Å². The van der Waals surface area contributed by atoms with Crippen LogP contribution in [0.2, 0.25) is 0 Å². The smallest absolute Gasteiger partial charge is 0.230 e. The molecule has 13 heavy (non-hydrogen) atoms. The van der Waals surface area contributed by atoms with E-state index in [4.69, 9.17) is 4.42 Å². The van der Waals surface area contributed by atoms with Crippen LogP contribution in [0.5, 0.6) is 0 Å². The van der Waals surface area contributed by atoms with Crippen LogP contribution in [0.1, 0.15) is 55.1 Å². The number of hydrogen-bond acceptors (Lipinski definition) is 3. The molecule has 0 amide bonds. The molecule has 1 aliphatic carbocycles. The zero-order chi connectivity index (χ0) is 9.26. The Kier molecular flexibility index (Phi) is 2.67. The SMILES string of the molecule is CCC(Br)c1nnc(C2CCC2)o1. The molecule has 1 atom stereocenters. The number of hydrogen-bond donors (Lipinski definition) is 0. The Morgan fingerprint density at radius 2 is 2.31 bits per heavy atom. The quantitative estimate of drug-likeness (QED) is 0.767. The van der Waals surface area contributed by atoms with Crippen LogP contribution in [-0.2, 0) is 0 Å². The molecule has 0 aromatic carbocycles. The van der Waals surface area contributed by atoms with Gasteiger partial charge in [-0.25, -0.2) is 0 Å². The number of nitrogens with zero attached hydrogens (tertiary/aromatic N) is 2. The molecule has 0 bridgehead atoms. The molecule has 0 aliphatic heterocycles. The van der Waals surface area contributed by atoms with Gasteiger partial charge < -0.3 is 4.42 Å². The van der Waals surface area contributed by atoms with Crippen LogP contribution in [0.25, 0.3) is 0 Å². The zero-order valence-corrected chi connectivity index (χ0v) is 9.25. The van der Waals surface area contributed by atoms with Crippen molar-refractivity contribution in [1.29, 1.82) is 0 Å². The van der Waals surface area contributed by atoms with Gasteiger partial charge in [-0.3, -0.25) is 0 Å². The van der Waals surface area contributed by atoms with E-state index in [0.717, 1.165) is 18.2 Å². The van der Waals surface area contributed by atoms with E-state index in [1.165, 1.54) is 19.3 Å². The molecular weight excluding hydrogens is 232 g/mol. The van der Waals surface area contributed by atoms with Crippen LogP contribution in [-0.4, -0.2) is 10.2 Å². The molecule has 1 heterocycles. The van der Waals surface area contributed by atoms with E-state index in [-0.39, 0.29) is 4.83 Å². The van der Waals surface area contributed by atoms with Crippen LogP contribution < -0.4 is 0 Å². The summed E-state index contributed by atoms with van der Waals surface area (Å²) in [5, 5.41) is 8.09. The Morgan fingerprint density at radius 1 is 1.54 bits per heavy atom. The van der Waals surface area contributed by atoms with Crippen LogP contribution in [0.3, 0.4) is 0 Å². The summed E-state index contributed by atoms with van der Waals surface area (Å²) in [4.78, 5) is 0.217. The first-order chi connectivity index (χ1) is 6.31. The summed E-state index contributed by atoms with van der Waals surface area (Å²) < 4.78 is 5.57. The topological polar surface area (TPSA) is 38.9 Å². The van der Waals surface area contributed by atoms with E-state index in [2.05, 4.69) is 33.1 Å². The summed E-state index contributed by atoms with van der Waals surface area (Å²) in [6.45, 7) is 2.09. The fourth-order valence-electron chi connectivity index (χ4n) is 1.37. The molecule has 2 rings (SSSR count). The summed E-state index contributed by atoms with van der Waals surface area (Å²) in [6, 6.07) is 0. The van der Waals surface area contributed by atoms with Gasteiger partial charge in [-0.1, -0.05) is 29.3 Å². The minimum absolute atomic E-state index is 0.217. The largest absolute Gasteiger partial charge is 0.424 e. The third-order valence-electron chi connectivity index (χ3n) is 2.54. The third-order valence-corrected chi connectivity index (χ3v) is 3.58. The molecular formula is C9H13BrN2O. The summed E-state index contributed by atoms with van der Waals surface area (Å²) in [5.74, 6) is 2.10. The van der Waals surface area contributed by atoms with Crippen LogP contribution >= 0.6 is 15.9 Å². The predicted octanol–water partition coefficient (Wildman–Crippen LogP) is 3.18. The molecule has 0 N–H and O–H groups in total. The Morgan fingerprint density at radius 3 is 2.85 bits per heavy atom. The predicted molar refractivity (Wildman–Crippen MR) is 52.8 cm³/mol. The van der Waals surface area contributed by atoms with Crippen molar-refractivity contribution in [3.63, 3.8) is 0 Å². The lowest BCUT2D eigenvalue weighted by Crippen LogP contribution is -2.08. The molecule has 1 unspecified atom stereocenters. The molecule has 1 aliphatic rings. The number of rotatable bonds is 3. The van der Waals surface area contributed by atoms with Crippen LogP contribution in [0.4, 0.5) is 0 Å². The lowest BCUT2D eigenvalue weighted by atomic mass is 9.85. The monoisotopic (exact) mass is 244 g/mol. The van der Waals surface area contributed by atoms with Gasteiger partial charge in [0.2, 0.25) is 11.8 Å². The van der Waals surface area contributed by atoms with E-state index in [0.29, 0.717) is 5.92 Å². The molecule has 1 fully saturated rings. The van der Waals surface area contributed by atoms with Crippen molar-refractivity contribution in [2.75, 3.05) is 0 Å². The first kappa shape index (κ1) is 9.19. The first-order valence-corrected chi connectivity index (χ1v) is 5.70. The normalized spacial score (nSPS) is 19.8. The van der Waals surface area contributed by atoms with E-state index in [1.54, 1.807) is 0 Å². The highest BCUT2D eigenvalue weighted by Crippen LogP contribution is 2.36.